The maximum absolute atomic E-state index is 12.9. The number of carbonyl (C=O) groups excluding carboxylic acids is 1. The summed E-state index contributed by atoms with van der Waals surface area (Å²) in [4.78, 5) is 14.8. The molecule has 3 heteroatoms. The first-order valence-corrected chi connectivity index (χ1v) is 7.28. The van der Waals surface area contributed by atoms with Crippen molar-refractivity contribution in [2.24, 2.45) is 5.73 Å². The lowest BCUT2D eigenvalue weighted by molar-refractivity contribution is 0.0987. The maximum atomic E-state index is 12.9. The molecule has 0 aromatic heterocycles. The number of para-hydroxylation sites is 1. The SMILES string of the molecule is CC1(C)c2ccccc2C(=O)N(CCN)c2ccccc21. The summed E-state index contributed by atoms with van der Waals surface area (Å²) in [5.41, 5.74) is 9.48. The van der Waals surface area contributed by atoms with E-state index in [1.807, 2.05) is 41.3 Å². The van der Waals surface area contributed by atoms with Crippen LogP contribution in [0, 0.1) is 0 Å². The lowest BCUT2D eigenvalue weighted by Crippen LogP contribution is -2.35. The second-order valence-corrected chi connectivity index (χ2v) is 5.93. The van der Waals surface area contributed by atoms with E-state index in [9.17, 15) is 4.79 Å². The van der Waals surface area contributed by atoms with Crippen molar-refractivity contribution in [3.8, 4) is 0 Å². The van der Waals surface area contributed by atoms with Gasteiger partial charge in [-0.3, -0.25) is 4.79 Å². The molecule has 0 fully saturated rings. The van der Waals surface area contributed by atoms with Gasteiger partial charge in [0.15, 0.2) is 0 Å². The Hall–Kier alpha value is -2.13. The van der Waals surface area contributed by atoms with Crippen LogP contribution in [0.3, 0.4) is 0 Å². The number of anilines is 1. The number of hydrogen-bond acceptors (Lipinski definition) is 2. The van der Waals surface area contributed by atoms with Gasteiger partial charge in [-0.1, -0.05) is 50.2 Å². The number of hydrogen-bond donors (Lipinski definition) is 1. The highest BCUT2D eigenvalue weighted by Gasteiger charge is 2.36. The molecule has 108 valence electrons. The molecule has 0 spiro atoms. The van der Waals surface area contributed by atoms with Gasteiger partial charge in [0, 0.05) is 29.8 Å². The molecule has 1 aliphatic heterocycles. The Labute approximate surface area is 125 Å². The normalized spacial score (nSPS) is 16.1. The van der Waals surface area contributed by atoms with Crippen LogP contribution in [0.2, 0.25) is 0 Å². The molecule has 2 aromatic carbocycles. The molecule has 0 radical (unpaired) electrons. The number of benzene rings is 2. The number of rotatable bonds is 2. The lowest BCUT2D eigenvalue weighted by atomic mass is 9.76. The molecule has 3 nitrogen and oxygen atoms in total. The summed E-state index contributed by atoms with van der Waals surface area (Å²) < 4.78 is 0. The van der Waals surface area contributed by atoms with E-state index >= 15 is 0 Å². The maximum Gasteiger partial charge on any atom is 0.258 e. The number of nitrogens with zero attached hydrogens (tertiary/aromatic N) is 1. The van der Waals surface area contributed by atoms with Crippen LogP contribution in [0.1, 0.15) is 35.3 Å². The molecule has 0 bridgehead atoms. The van der Waals surface area contributed by atoms with Crippen LogP contribution in [-0.4, -0.2) is 19.0 Å². The van der Waals surface area contributed by atoms with E-state index in [-0.39, 0.29) is 11.3 Å². The van der Waals surface area contributed by atoms with Crippen LogP contribution in [0.15, 0.2) is 48.5 Å². The van der Waals surface area contributed by atoms with Gasteiger partial charge in [-0.25, -0.2) is 0 Å². The van der Waals surface area contributed by atoms with E-state index in [1.54, 1.807) is 0 Å². The molecule has 1 heterocycles. The van der Waals surface area contributed by atoms with E-state index in [4.69, 9.17) is 5.73 Å². The molecule has 0 unspecified atom stereocenters. The van der Waals surface area contributed by atoms with Gasteiger partial charge in [-0.05, 0) is 23.3 Å². The Morgan fingerprint density at radius 3 is 2.33 bits per heavy atom. The van der Waals surface area contributed by atoms with Gasteiger partial charge in [0.05, 0.1) is 0 Å². The van der Waals surface area contributed by atoms with Crippen molar-refractivity contribution >= 4 is 11.6 Å². The Morgan fingerprint density at radius 2 is 1.62 bits per heavy atom. The zero-order chi connectivity index (χ0) is 15.0. The number of fused-ring (bicyclic) bond motifs is 2. The highest BCUT2D eigenvalue weighted by Crippen LogP contribution is 2.42. The van der Waals surface area contributed by atoms with E-state index in [0.29, 0.717) is 13.1 Å². The smallest absolute Gasteiger partial charge is 0.258 e. The summed E-state index contributed by atoms with van der Waals surface area (Å²) >= 11 is 0. The fraction of sp³-hybridized carbons (Fsp3) is 0.278. The monoisotopic (exact) mass is 280 g/mol. The summed E-state index contributed by atoms with van der Waals surface area (Å²) in [7, 11) is 0. The summed E-state index contributed by atoms with van der Waals surface area (Å²) in [6, 6.07) is 16.0. The quantitative estimate of drug-likeness (QED) is 0.919. The molecule has 0 aliphatic carbocycles. The topological polar surface area (TPSA) is 46.3 Å². The Balaban J connectivity index is 2.33. The van der Waals surface area contributed by atoms with Crippen molar-refractivity contribution in [2.45, 2.75) is 19.3 Å². The summed E-state index contributed by atoms with van der Waals surface area (Å²) in [6.07, 6.45) is 0. The minimum absolute atomic E-state index is 0.0362. The first kappa shape index (κ1) is 13.8. The van der Waals surface area contributed by atoms with Crippen molar-refractivity contribution in [3.63, 3.8) is 0 Å². The lowest BCUT2D eigenvalue weighted by Gasteiger charge is -2.28. The molecule has 0 saturated heterocycles. The van der Waals surface area contributed by atoms with Crippen LogP contribution in [-0.2, 0) is 5.41 Å². The van der Waals surface area contributed by atoms with Gasteiger partial charge in [0.1, 0.15) is 0 Å². The van der Waals surface area contributed by atoms with Crippen molar-refractivity contribution < 1.29 is 4.79 Å². The first-order chi connectivity index (χ1) is 10.1. The van der Waals surface area contributed by atoms with Crippen molar-refractivity contribution in [2.75, 3.05) is 18.0 Å². The molecule has 2 N–H and O–H groups in total. The highest BCUT2D eigenvalue weighted by molar-refractivity contribution is 6.09. The Morgan fingerprint density at radius 1 is 1.00 bits per heavy atom. The van der Waals surface area contributed by atoms with Crippen LogP contribution in [0.25, 0.3) is 0 Å². The third-order valence-corrected chi connectivity index (χ3v) is 4.30. The molecule has 1 amide bonds. The standard InChI is InChI=1S/C18H20N2O/c1-18(2)14-8-4-3-7-13(14)17(21)20(12-11-19)16-10-6-5-9-15(16)18/h3-10H,11-12,19H2,1-2H3. The second kappa shape index (κ2) is 5.01. The van der Waals surface area contributed by atoms with E-state index in [0.717, 1.165) is 22.4 Å². The molecule has 0 atom stereocenters. The zero-order valence-corrected chi connectivity index (χ0v) is 12.5. The van der Waals surface area contributed by atoms with Gasteiger partial charge in [-0.2, -0.15) is 0 Å². The van der Waals surface area contributed by atoms with Crippen LogP contribution >= 0.6 is 0 Å². The molecule has 21 heavy (non-hydrogen) atoms. The minimum Gasteiger partial charge on any atom is -0.329 e. The van der Waals surface area contributed by atoms with Crippen molar-refractivity contribution in [1.29, 1.82) is 0 Å². The third-order valence-electron chi connectivity index (χ3n) is 4.30. The fourth-order valence-electron chi connectivity index (χ4n) is 3.20. The summed E-state index contributed by atoms with van der Waals surface area (Å²) in [6.45, 7) is 5.32. The predicted octanol–water partition coefficient (Wildman–Crippen LogP) is 2.93. The average molecular weight is 280 g/mol. The molecule has 2 aromatic rings. The number of carbonyl (C=O) groups is 1. The zero-order valence-electron chi connectivity index (χ0n) is 12.5. The van der Waals surface area contributed by atoms with Crippen molar-refractivity contribution in [1.82, 2.24) is 0 Å². The largest absolute Gasteiger partial charge is 0.329 e. The average Bonchev–Trinajstić information content (AvgIpc) is 2.57. The van der Waals surface area contributed by atoms with Gasteiger partial charge in [0.2, 0.25) is 0 Å². The van der Waals surface area contributed by atoms with E-state index in [2.05, 4.69) is 26.0 Å². The van der Waals surface area contributed by atoms with Crippen LogP contribution in [0.5, 0.6) is 0 Å². The van der Waals surface area contributed by atoms with Crippen LogP contribution < -0.4 is 10.6 Å². The molecule has 1 aliphatic rings. The second-order valence-electron chi connectivity index (χ2n) is 5.93. The molecule has 3 rings (SSSR count). The molecule has 0 saturated carbocycles. The van der Waals surface area contributed by atoms with E-state index in [1.165, 1.54) is 0 Å². The number of nitrogens with two attached hydrogens (primary N) is 1. The molecular weight excluding hydrogens is 260 g/mol. The number of amides is 1. The van der Waals surface area contributed by atoms with Gasteiger partial charge < -0.3 is 10.6 Å². The first-order valence-electron chi connectivity index (χ1n) is 7.28. The van der Waals surface area contributed by atoms with Gasteiger partial charge >= 0.3 is 0 Å². The van der Waals surface area contributed by atoms with Crippen molar-refractivity contribution in [3.05, 3.63) is 65.2 Å². The summed E-state index contributed by atoms with van der Waals surface area (Å²) in [5, 5.41) is 0. The summed E-state index contributed by atoms with van der Waals surface area (Å²) in [5.74, 6) is 0.0362. The molecular formula is C18H20N2O. The Kier molecular flexibility index (Phi) is 3.30. The fourth-order valence-corrected chi connectivity index (χ4v) is 3.20. The Bertz CT molecular complexity index is 691. The van der Waals surface area contributed by atoms with Gasteiger partial charge in [0.25, 0.3) is 5.91 Å². The van der Waals surface area contributed by atoms with Gasteiger partial charge in [-0.15, -0.1) is 0 Å². The highest BCUT2D eigenvalue weighted by atomic mass is 16.2. The van der Waals surface area contributed by atoms with Crippen LogP contribution in [0.4, 0.5) is 5.69 Å². The predicted molar refractivity (Wildman–Crippen MR) is 85.7 cm³/mol. The third kappa shape index (κ3) is 2.05. The van der Waals surface area contributed by atoms with E-state index < -0.39 is 0 Å². The minimum atomic E-state index is -0.216.